The Balaban J connectivity index is 0.00000121. The molecule has 0 aliphatic rings. The third-order valence-corrected chi connectivity index (χ3v) is 3.83. The maximum Gasteiger partial charge on any atom is 0.219 e. The van der Waals surface area contributed by atoms with Gasteiger partial charge in [0.15, 0.2) is 6.20 Å². The van der Waals surface area contributed by atoms with E-state index < -0.39 is 0 Å². The second-order valence-corrected chi connectivity index (χ2v) is 5.00. The van der Waals surface area contributed by atoms with E-state index in [1.54, 1.807) is 0 Å². The molecular formula is C18H14ClN. The summed E-state index contributed by atoms with van der Waals surface area (Å²) >= 11 is 0. The smallest absolute Gasteiger partial charge is 0.219 e. The van der Waals surface area contributed by atoms with Gasteiger partial charge in [-0.3, -0.25) is 0 Å². The number of pyridine rings is 2. The Labute approximate surface area is 123 Å². The molecule has 0 saturated carbocycles. The van der Waals surface area contributed by atoms with Crippen LogP contribution < -0.4 is 16.8 Å². The first kappa shape index (κ1) is 12.9. The SMILES string of the molecule is Cc1cc2c3ccccc3ccc2[n+]2ccccc12.[Cl-]. The van der Waals surface area contributed by atoms with Crippen molar-refractivity contribution in [1.82, 2.24) is 0 Å². The first-order valence-corrected chi connectivity index (χ1v) is 6.56. The van der Waals surface area contributed by atoms with E-state index >= 15 is 0 Å². The first-order valence-electron chi connectivity index (χ1n) is 6.56. The summed E-state index contributed by atoms with van der Waals surface area (Å²) in [4.78, 5) is 0. The van der Waals surface area contributed by atoms with E-state index in [1.807, 2.05) is 0 Å². The van der Waals surface area contributed by atoms with Crippen molar-refractivity contribution < 1.29 is 16.8 Å². The summed E-state index contributed by atoms with van der Waals surface area (Å²) in [6.07, 6.45) is 2.14. The molecule has 0 radical (unpaired) electrons. The summed E-state index contributed by atoms with van der Waals surface area (Å²) < 4.78 is 2.27. The highest BCUT2D eigenvalue weighted by Crippen LogP contribution is 2.25. The number of hydrogen-bond acceptors (Lipinski definition) is 0. The van der Waals surface area contributed by atoms with Gasteiger partial charge in [-0.1, -0.05) is 24.3 Å². The number of hydrogen-bond donors (Lipinski definition) is 0. The second-order valence-electron chi connectivity index (χ2n) is 5.00. The Morgan fingerprint density at radius 1 is 0.750 bits per heavy atom. The minimum atomic E-state index is 0. The molecule has 0 N–H and O–H groups in total. The van der Waals surface area contributed by atoms with Crippen LogP contribution in [-0.2, 0) is 0 Å². The Morgan fingerprint density at radius 2 is 1.55 bits per heavy atom. The maximum atomic E-state index is 2.30. The van der Waals surface area contributed by atoms with Crippen molar-refractivity contribution in [2.75, 3.05) is 0 Å². The van der Waals surface area contributed by atoms with E-state index in [2.05, 4.69) is 78.2 Å². The molecule has 20 heavy (non-hydrogen) atoms. The molecular weight excluding hydrogens is 266 g/mol. The van der Waals surface area contributed by atoms with Crippen molar-refractivity contribution in [3.05, 3.63) is 72.4 Å². The van der Waals surface area contributed by atoms with Gasteiger partial charge in [0.2, 0.25) is 11.0 Å². The van der Waals surface area contributed by atoms with Gasteiger partial charge in [-0.2, -0.15) is 4.40 Å². The van der Waals surface area contributed by atoms with Crippen LogP contribution in [0.25, 0.3) is 27.2 Å². The molecule has 2 aromatic heterocycles. The zero-order chi connectivity index (χ0) is 12.8. The van der Waals surface area contributed by atoms with Gasteiger partial charge in [-0.05, 0) is 35.9 Å². The average Bonchev–Trinajstić information content (AvgIpc) is 2.47. The topological polar surface area (TPSA) is 4.10 Å². The van der Waals surface area contributed by atoms with E-state index in [0.29, 0.717) is 0 Å². The third-order valence-electron chi connectivity index (χ3n) is 3.83. The van der Waals surface area contributed by atoms with Crippen molar-refractivity contribution in [2.45, 2.75) is 6.92 Å². The fourth-order valence-corrected chi connectivity index (χ4v) is 2.91. The van der Waals surface area contributed by atoms with E-state index in [4.69, 9.17) is 0 Å². The van der Waals surface area contributed by atoms with E-state index in [9.17, 15) is 0 Å². The monoisotopic (exact) mass is 279 g/mol. The Hall–Kier alpha value is -2.12. The van der Waals surface area contributed by atoms with Gasteiger partial charge < -0.3 is 12.4 Å². The number of rotatable bonds is 0. The lowest BCUT2D eigenvalue weighted by atomic mass is 10.0. The molecule has 0 spiro atoms. The summed E-state index contributed by atoms with van der Waals surface area (Å²) in [7, 11) is 0. The lowest BCUT2D eigenvalue weighted by Crippen LogP contribution is -3.00. The maximum absolute atomic E-state index is 2.30. The Morgan fingerprint density at radius 3 is 2.45 bits per heavy atom. The van der Waals surface area contributed by atoms with Crippen LogP contribution in [-0.4, -0.2) is 0 Å². The fourth-order valence-electron chi connectivity index (χ4n) is 2.91. The molecule has 2 heteroatoms. The highest BCUT2D eigenvalue weighted by atomic mass is 35.5. The first-order chi connectivity index (χ1) is 9.34. The van der Waals surface area contributed by atoms with Crippen LogP contribution in [0.1, 0.15) is 5.56 Å². The van der Waals surface area contributed by atoms with E-state index in [-0.39, 0.29) is 12.4 Å². The van der Waals surface area contributed by atoms with Crippen LogP contribution in [0, 0.1) is 6.92 Å². The average molecular weight is 280 g/mol. The van der Waals surface area contributed by atoms with Crippen LogP contribution in [0.3, 0.4) is 0 Å². The molecule has 0 bridgehead atoms. The van der Waals surface area contributed by atoms with Gasteiger partial charge in [0, 0.05) is 23.8 Å². The van der Waals surface area contributed by atoms with Crippen LogP contribution in [0.15, 0.2) is 66.9 Å². The van der Waals surface area contributed by atoms with Gasteiger partial charge in [0.25, 0.3) is 0 Å². The van der Waals surface area contributed by atoms with Crippen molar-refractivity contribution in [3.63, 3.8) is 0 Å². The highest BCUT2D eigenvalue weighted by Gasteiger charge is 2.13. The van der Waals surface area contributed by atoms with Crippen molar-refractivity contribution in [1.29, 1.82) is 0 Å². The Kier molecular flexibility index (Phi) is 3.07. The summed E-state index contributed by atoms with van der Waals surface area (Å²) in [5, 5.41) is 3.94. The predicted molar refractivity (Wildman–Crippen MR) is 79.4 cm³/mol. The highest BCUT2D eigenvalue weighted by molar-refractivity contribution is 6.05. The number of benzene rings is 2. The molecule has 0 fully saturated rings. The molecule has 0 atom stereocenters. The molecule has 0 aliphatic carbocycles. The summed E-state index contributed by atoms with van der Waals surface area (Å²) in [5.74, 6) is 0. The molecule has 0 aliphatic heterocycles. The molecule has 0 saturated heterocycles. The summed E-state index contributed by atoms with van der Waals surface area (Å²) in [6, 6.07) is 21.6. The zero-order valence-corrected chi connectivity index (χ0v) is 11.9. The van der Waals surface area contributed by atoms with E-state index in [1.165, 1.54) is 32.8 Å². The lowest BCUT2D eigenvalue weighted by Gasteiger charge is -2.04. The molecule has 4 rings (SSSR count). The minimum absolute atomic E-state index is 0. The number of nitrogens with zero attached hydrogens (tertiary/aromatic N) is 1. The van der Waals surface area contributed by atoms with E-state index in [0.717, 1.165) is 0 Å². The molecule has 1 nitrogen and oxygen atoms in total. The van der Waals surface area contributed by atoms with Crippen LogP contribution in [0.2, 0.25) is 0 Å². The molecule has 2 heterocycles. The summed E-state index contributed by atoms with van der Waals surface area (Å²) in [6.45, 7) is 2.18. The summed E-state index contributed by atoms with van der Waals surface area (Å²) in [5.41, 5.74) is 3.84. The van der Waals surface area contributed by atoms with Gasteiger partial charge in [-0.25, -0.2) is 0 Å². The molecule has 2 aromatic carbocycles. The van der Waals surface area contributed by atoms with Crippen molar-refractivity contribution in [2.24, 2.45) is 0 Å². The largest absolute Gasteiger partial charge is 1.00 e. The molecule has 4 aromatic rings. The second kappa shape index (κ2) is 4.77. The predicted octanol–water partition coefficient (Wildman–Crippen LogP) is 1.04. The number of aromatic nitrogens is 1. The van der Waals surface area contributed by atoms with Crippen LogP contribution >= 0.6 is 0 Å². The quantitative estimate of drug-likeness (QED) is 0.335. The van der Waals surface area contributed by atoms with Gasteiger partial charge in [0.1, 0.15) is 0 Å². The van der Waals surface area contributed by atoms with Crippen molar-refractivity contribution >= 4 is 27.2 Å². The minimum Gasteiger partial charge on any atom is -1.00 e. The Bertz CT molecular complexity index is 928. The zero-order valence-electron chi connectivity index (χ0n) is 11.2. The fraction of sp³-hybridized carbons (Fsp3) is 0.0556. The van der Waals surface area contributed by atoms with Gasteiger partial charge in [0.05, 0.1) is 5.39 Å². The third kappa shape index (κ3) is 1.75. The number of fused-ring (bicyclic) bond motifs is 5. The normalized spacial score (nSPS) is 10.8. The standard InChI is InChI=1S/C18H14N.ClH/c1-13-12-16-15-7-3-2-6-14(15)9-10-18(16)19-11-5-4-8-17(13)19;/h2-12H,1H3;1H/q+1;/p-1. The molecule has 98 valence electrons. The van der Waals surface area contributed by atoms with Gasteiger partial charge in [-0.15, -0.1) is 0 Å². The lowest BCUT2D eigenvalue weighted by molar-refractivity contribution is -0.481. The van der Waals surface area contributed by atoms with Crippen molar-refractivity contribution in [3.8, 4) is 0 Å². The van der Waals surface area contributed by atoms with Gasteiger partial charge >= 0.3 is 0 Å². The molecule has 0 amide bonds. The van der Waals surface area contributed by atoms with Crippen LogP contribution in [0.4, 0.5) is 0 Å². The number of halogens is 1. The van der Waals surface area contributed by atoms with Crippen LogP contribution in [0.5, 0.6) is 0 Å². The molecule has 0 unspecified atom stereocenters. The number of aryl methyl sites for hydroxylation is 1.